The summed E-state index contributed by atoms with van der Waals surface area (Å²) in [6.07, 6.45) is 1.60. The Balaban J connectivity index is 2.06. The lowest BCUT2D eigenvalue weighted by atomic mass is 10.3. The van der Waals surface area contributed by atoms with E-state index in [1.165, 1.54) is 5.56 Å². The van der Waals surface area contributed by atoms with Gasteiger partial charge in [0.25, 0.3) is 0 Å². The molecule has 0 aliphatic carbocycles. The summed E-state index contributed by atoms with van der Waals surface area (Å²) in [5.41, 5.74) is 3.27. The van der Waals surface area contributed by atoms with E-state index in [4.69, 9.17) is 0 Å². The number of rotatable bonds is 2. The van der Waals surface area contributed by atoms with Crippen molar-refractivity contribution in [3.05, 3.63) is 47.6 Å². The van der Waals surface area contributed by atoms with Crippen molar-refractivity contribution < 1.29 is 0 Å². The van der Waals surface area contributed by atoms with Crippen LogP contribution in [-0.2, 0) is 0 Å². The highest BCUT2D eigenvalue weighted by atomic mass is 32.1. The van der Waals surface area contributed by atoms with Crippen LogP contribution < -0.4 is 5.32 Å². The molecule has 0 saturated carbocycles. The molecule has 0 saturated heterocycles. The topological polar surface area (TPSA) is 37.8 Å². The number of nitrogens with zero attached hydrogens (tertiary/aromatic N) is 2. The molecular weight excluding hydrogens is 230 g/mol. The highest BCUT2D eigenvalue weighted by molar-refractivity contribution is 7.18. The second-order valence-electron chi connectivity index (χ2n) is 3.81. The van der Waals surface area contributed by atoms with Crippen LogP contribution in [0, 0.1) is 6.92 Å². The third-order valence-electron chi connectivity index (χ3n) is 2.57. The first-order chi connectivity index (χ1) is 8.34. The zero-order valence-electron chi connectivity index (χ0n) is 9.34. The van der Waals surface area contributed by atoms with E-state index in [2.05, 4.69) is 27.6 Å². The van der Waals surface area contributed by atoms with Gasteiger partial charge in [-0.1, -0.05) is 18.2 Å². The average Bonchev–Trinajstić information content (AvgIpc) is 2.74. The number of thiophene rings is 1. The van der Waals surface area contributed by atoms with Crippen LogP contribution in [0.1, 0.15) is 5.56 Å². The van der Waals surface area contributed by atoms with Gasteiger partial charge in [-0.3, -0.25) is 0 Å². The van der Waals surface area contributed by atoms with E-state index < -0.39 is 0 Å². The Hall–Kier alpha value is -1.94. The molecule has 84 valence electrons. The van der Waals surface area contributed by atoms with Crippen LogP contribution in [0.25, 0.3) is 10.2 Å². The molecule has 2 aromatic heterocycles. The van der Waals surface area contributed by atoms with Gasteiger partial charge in [0.05, 0.1) is 10.2 Å². The number of nitrogens with one attached hydrogen (secondary N) is 1. The fourth-order valence-electron chi connectivity index (χ4n) is 1.72. The lowest BCUT2D eigenvalue weighted by Gasteiger charge is -2.05. The predicted octanol–water partition coefficient (Wildman–Crippen LogP) is 3.74. The molecule has 3 aromatic rings. The molecule has 3 rings (SSSR count). The molecule has 1 N–H and O–H groups in total. The first kappa shape index (κ1) is 10.2. The third kappa shape index (κ3) is 1.87. The van der Waals surface area contributed by atoms with E-state index in [0.29, 0.717) is 0 Å². The van der Waals surface area contributed by atoms with Crippen LogP contribution in [0.5, 0.6) is 0 Å². The highest BCUT2D eigenvalue weighted by Gasteiger charge is 2.07. The maximum absolute atomic E-state index is 4.30. The average molecular weight is 241 g/mol. The summed E-state index contributed by atoms with van der Waals surface area (Å²) < 4.78 is 1.11. The van der Waals surface area contributed by atoms with Gasteiger partial charge in [0, 0.05) is 5.69 Å². The van der Waals surface area contributed by atoms with Crippen molar-refractivity contribution in [3.63, 3.8) is 0 Å². The summed E-state index contributed by atoms with van der Waals surface area (Å²) in [7, 11) is 0. The largest absolute Gasteiger partial charge is 0.339 e. The van der Waals surface area contributed by atoms with Gasteiger partial charge in [-0.15, -0.1) is 11.3 Å². The van der Waals surface area contributed by atoms with Gasteiger partial charge in [0.15, 0.2) is 5.82 Å². The number of hydrogen-bond donors (Lipinski definition) is 1. The fourth-order valence-corrected chi connectivity index (χ4v) is 2.66. The van der Waals surface area contributed by atoms with Crippen molar-refractivity contribution in [1.29, 1.82) is 0 Å². The van der Waals surface area contributed by atoms with Crippen molar-refractivity contribution in [2.75, 3.05) is 5.32 Å². The molecule has 1 aromatic carbocycles. The maximum atomic E-state index is 4.30. The lowest BCUT2D eigenvalue weighted by molar-refractivity contribution is 1.22. The Bertz CT molecular complexity index is 646. The molecule has 0 aliphatic heterocycles. The maximum Gasteiger partial charge on any atom is 0.151 e. The first-order valence-electron chi connectivity index (χ1n) is 5.35. The van der Waals surface area contributed by atoms with Crippen LogP contribution in [0.3, 0.4) is 0 Å². The molecule has 3 nitrogen and oxygen atoms in total. The molecule has 0 radical (unpaired) electrons. The summed E-state index contributed by atoms with van der Waals surface area (Å²) in [6.45, 7) is 2.07. The Morgan fingerprint density at radius 3 is 2.76 bits per heavy atom. The standard InChI is InChI=1S/C13H11N3S/c1-9-7-17-12-11(9)14-8-15-13(12)16-10-5-3-2-4-6-10/h2-8H,1H3,(H,14,15,16). The number of aryl methyl sites for hydroxylation is 1. The molecule has 0 fully saturated rings. The Labute approximate surface area is 103 Å². The molecule has 17 heavy (non-hydrogen) atoms. The van der Waals surface area contributed by atoms with Crippen LogP contribution in [-0.4, -0.2) is 9.97 Å². The molecule has 0 spiro atoms. The van der Waals surface area contributed by atoms with E-state index >= 15 is 0 Å². The van der Waals surface area contributed by atoms with Crippen molar-refractivity contribution in [1.82, 2.24) is 9.97 Å². The second-order valence-corrected chi connectivity index (χ2v) is 4.69. The number of benzene rings is 1. The Kier molecular flexibility index (Phi) is 2.49. The smallest absolute Gasteiger partial charge is 0.151 e. The monoisotopic (exact) mass is 241 g/mol. The summed E-state index contributed by atoms with van der Waals surface area (Å²) >= 11 is 1.67. The van der Waals surface area contributed by atoms with Gasteiger partial charge in [-0.25, -0.2) is 9.97 Å². The lowest BCUT2D eigenvalue weighted by Crippen LogP contribution is -1.94. The molecule has 0 amide bonds. The number of hydrogen-bond acceptors (Lipinski definition) is 4. The van der Waals surface area contributed by atoms with Crippen molar-refractivity contribution in [3.8, 4) is 0 Å². The van der Waals surface area contributed by atoms with Gasteiger partial charge in [0.2, 0.25) is 0 Å². The summed E-state index contributed by atoms with van der Waals surface area (Å²) in [4.78, 5) is 8.61. The second kappa shape index (κ2) is 4.14. The van der Waals surface area contributed by atoms with Crippen molar-refractivity contribution in [2.45, 2.75) is 6.92 Å². The summed E-state index contributed by atoms with van der Waals surface area (Å²) in [5.74, 6) is 0.874. The summed E-state index contributed by atoms with van der Waals surface area (Å²) in [6, 6.07) is 10.0. The van der Waals surface area contributed by atoms with E-state index in [0.717, 1.165) is 21.7 Å². The Morgan fingerprint density at radius 1 is 1.12 bits per heavy atom. The Morgan fingerprint density at radius 2 is 1.94 bits per heavy atom. The summed E-state index contributed by atoms with van der Waals surface area (Å²) in [5, 5.41) is 5.43. The van der Waals surface area contributed by atoms with Crippen LogP contribution in [0.4, 0.5) is 11.5 Å². The minimum Gasteiger partial charge on any atom is -0.339 e. The quantitative estimate of drug-likeness (QED) is 0.742. The number of aromatic nitrogens is 2. The molecule has 0 aliphatic rings. The minimum absolute atomic E-state index is 0.874. The van der Waals surface area contributed by atoms with Gasteiger partial charge >= 0.3 is 0 Å². The molecule has 4 heteroatoms. The number of fused-ring (bicyclic) bond motifs is 1. The predicted molar refractivity (Wildman–Crippen MR) is 71.9 cm³/mol. The van der Waals surface area contributed by atoms with E-state index in [1.807, 2.05) is 30.3 Å². The molecule has 0 atom stereocenters. The first-order valence-corrected chi connectivity index (χ1v) is 6.23. The minimum atomic E-state index is 0.874. The van der Waals surface area contributed by atoms with Gasteiger partial charge < -0.3 is 5.32 Å². The fraction of sp³-hybridized carbons (Fsp3) is 0.0769. The van der Waals surface area contributed by atoms with E-state index in [-0.39, 0.29) is 0 Å². The number of anilines is 2. The van der Waals surface area contributed by atoms with Crippen LogP contribution in [0.15, 0.2) is 42.0 Å². The normalized spacial score (nSPS) is 10.6. The number of para-hydroxylation sites is 1. The molecule has 0 bridgehead atoms. The van der Waals surface area contributed by atoms with Crippen LogP contribution in [0.2, 0.25) is 0 Å². The molecular formula is C13H11N3S. The van der Waals surface area contributed by atoms with Gasteiger partial charge in [-0.05, 0) is 30.0 Å². The van der Waals surface area contributed by atoms with E-state index in [1.54, 1.807) is 17.7 Å². The molecule has 0 unspecified atom stereocenters. The zero-order chi connectivity index (χ0) is 11.7. The van der Waals surface area contributed by atoms with Gasteiger partial charge in [-0.2, -0.15) is 0 Å². The van der Waals surface area contributed by atoms with Crippen molar-refractivity contribution >= 4 is 33.1 Å². The third-order valence-corrected chi connectivity index (χ3v) is 3.66. The van der Waals surface area contributed by atoms with E-state index in [9.17, 15) is 0 Å². The van der Waals surface area contributed by atoms with Gasteiger partial charge in [0.1, 0.15) is 6.33 Å². The zero-order valence-corrected chi connectivity index (χ0v) is 10.2. The SMILES string of the molecule is Cc1csc2c(Nc3ccccc3)ncnc12. The molecule has 2 heterocycles. The highest BCUT2D eigenvalue weighted by Crippen LogP contribution is 2.30. The van der Waals surface area contributed by atoms with Crippen LogP contribution >= 0.6 is 11.3 Å². The van der Waals surface area contributed by atoms with Crippen molar-refractivity contribution in [2.24, 2.45) is 0 Å².